The predicted molar refractivity (Wildman–Crippen MR) is 89.6 cm³/mol. The minimum Gasteiger partial charge on any atom is -0.492 e. The highest BCUT2D eigenvalue weighted by Crippen LogP contribution is 2.29. The molecule has 1 unspecified atom stereocenters. The van der Waals surface area contributed by atoms with Crippen LogP contribution in [0.1, 0.15) is 12.5 Å². The van der Waals surface area contributed by atoms with Gasteiger partial charge >= 0.3 is 6.09 Å². The van der Waals surface area contributed by atoms with E-state index >= 15 is 0 Å². The van der Waals surface area contributed by atoms with E-state index in [9.17, 15) is 4.79 Å². The van der Waals surface area contributed by atoms with Crippen LogP contribution in [0.4, 0.5) is 10.5 Å². The molecule has 9 heteroatoms. The number of ether oxygens (including phenoxy) is 2. The Labute approximate surface area is 143 Å². The van der Waals surface area contributed by atoms with Crippen molar-refractivity contribution in [2.45, 2.75) is 12.5 Å². The Morgan fingerprint density at radius 2 is 2.24 bits per heavy atom. The van der Waals surface area contributed by atoms with Gasteiger partial charge in [-0.15, -0.1) is 0 Å². The monoisotopic (exact) mass is 343 g/mol. The van der Waals surface area contributed by atoms with Gasteiger partial charge in [0, 0.05) is 5.69 Å². The third-order valence-electron chi connectivity index (χ3n) is 3.57. The van der Waals surface area contributed by atoms with Crippen molar-refractivity contribution in [3.8, 4) is 11.8 Å². The Morgan fingerprint density at radius 3 is 2.96 bits per heavy atom. The van der Waals surface area contributed by atoms with Crippen molar-refractivity contribution in [3.05, 3.63) is 42.2 Å². The first-order chi connectivity index (χ1) is 11.9. The van der Waals surface area contributed by atoms with E-state index in [2.05, 4.69) is 20.3 Å². The van der Waals surface area contributed by atoms with Crippen molar-refractivity contribution >= 4 is 17.6 Å². The van der Waals surface area contributed by atoms with Crippen LogP contribution in [0.25, 0.3) is 0 Å². The first-order valence-electron chi connectivity index (χ1n) is 7.47. The number of hydrogen-bond donors (Lipinski definition) is 3. The van der Waals surface area contributed by atoms with E-state index in [0.29, 0.717) is 24.7 Å². The number of carbonyl (C=O) groups excluding carboxylic acids is 1. The molecule has 1 aromatic carbocycles. The van der Waals surface area contributed by atoms with Gasteiger partial charge in [-0.2, -0.15) is 0 Å². The van der Waals surface area contributed by atoms with Gasteiger partial charge in [0.2, 0.25) is 11.8 Å². The van der Waals surface area contributed by atoms with Gasteiger partial charge in [0.1, 0.15) is 18.0 Å². The average Bonchev–Trinajstić information content (AvgIpc) is 2.57. The molecule has 0 saturated heterocycles. The number of nitrogens with zero attached hydrogens (tertiary/aromatic N) is 3. The van der Waals surface area contributed by atoms with Crippen molar-refractivity contribution < 1.29 is 19.4 Å². The number of amides is 1. The molecule has 0 aliphatic carbocycles. The molecule has 2 heterocycles. The fraction of sp³-hybridized carbons (Fsp3) is 0.250. The maximum Gasteiger partial charge on any atom is 0.418 e. The Morgan fingerprint density at radius 1 is 1.40 bits per heavy atom. The Bertz CT molecular complexity index is 808. The van der Waals surface area contributed by atoms with Crippen LogP contribution in [0, 0.1) is 0 Å². The summed E-state index contributed by atoms with van der Waals surface area (Å²) < 4.78 is 10.5. The lowest BCUT2D eigenvalue weighted by Gasteiger charge is -2.30. The number of rotatable bonds is 3. The van der Waals surface area contributed by atoms with Crippen molar-refractivity contribution in [3.63, 3.8) is 0 Å². The van der Waals surface area contributed by atoms with E-state index in [0.717, 1.165) is 18.0 Å². The van der Waals surface area contributed by atoms with Gasteiger partial charge in [-0.1, -0.05) is 12.1 Å². The number of carbonyl (C=O) groups is 1. The highest BCUT2D eigenvalue weighted by atomic mass is 16.6. The number of hydrogen-bond acceptors (Lipinski definition) is 8. The molecule has 0 fully saturated rings. The fourth-order valence-corrected chi connectivity index (χ4v) is 2.42. The van der Waals surface area contributed by atoms with Gasteiger partial charge in [0.05, 0.1) is 19.0 Å². The lowest BCUT2D eigenvalue weighted by molar-refractivity contribution is 0.106. The summed E-state index contributed by atoms with van der Waals surface area (Å²) in [5, 5.41) is 11.7. The standard InChI is InChI=1S/C16H17N5O4/c1-16(9-24-8-12(17)21-16)10-3-2-4-11(5-10)20-15(23)25-14-7-18-13(22)6-19-14/h2-7H,8-9H2,1H3,(H2,17,21)(H,18,22)(H,20,23). The maximum atomic E-state index is 12.0. The summed E-state index contributed by atoms with van der Waals surface area (Å²) >= 11 is 0. The number of amidine groups is 1. The number of nitrogens with two attached hydrogens (primary N) is 1. The molecule has 1 aliphatic heterocycles. The fourth-order valence-electron chi connectivity index (χ4n) is 2.42. The number of nitrogens with one attached hydrogen (secondary N) is 1. The molecular weight excluding hydrogens is 326 g/mol. The molecule has 1 aromatic heterocycles. The summed E-state index contributed by atoms with van der Waals surface area (Å²) in [6.07, 6.45) is 1.49. The zero-order valence-electron chi connectivity index (χ0n) is 13.5. The molecule has 2 aromatic rings. The maximum absolute atomic E-state index is 12.0. The summed E-state index contributed by atoms with van der Waals surface area (Å²) in [5.74, 6) is 0.136. The molecule has 9 nitrogen and oxygen atoms in total. The van der Waals surface area contributed by atoms with E-state index in [4.69, 9.17) is 20.3 Å². The van der Waals surface area contributed by atoms with Crippen LogP contribution in [0.5, 0.6) is 11.8 Å². The van der Waals surface area contributed by atoms with Gasteiger partial charge in [0.25, 0.3) is 0 Å². The zero-order valence-corrected chi connectivity index (χ0v) is 13.5. The van der Waals surface area contributed by atoms with Crippen molar-refractivity contribution in [2.24, 2.45) is 10.7 Å². The Hall–Kier alpha value is -3.20. The first-order valence-corrected chi connectivity index (χ1v) is 7.47. The molecule has 0 bridgehead atoms. The zero-order chi connectivity index (χ0) is 17.9. The van der Waals surface area contributed by atoms with Gasteiger partial charge < -0.3 is 20.3 Å². The largest absolute Gasteiger partial charge is 0.492 e. The lowest BCUT2D eigenvalue weighted by atomic mass is 9.92. The molecule has 25 heavy (non-hydrogen) atoms. The van der Waals surface area contributed by atoms with E-state index in [1.54, 1.807) is 18.2 Å². The molecule has 3 rings (SSSR count). The summed E-state index contributed by atoms with van der Waals surface area (Å²) in [5.41, 5.74) is 6.52. The van der Waals surface area contributed by atoms with Gasteiger partial charge in [-0.05, 0) is 24.6 Å². The van der Waals surface area contributed by atoms with Crippen LogP contribution in [0.3, 0.4) is 0 Å². The predicted octanol–water partition coefficient (Wildman–Crippen LogP) is 1.40. The second kappa shape index (κ2) is 6.73. The summed E-state index contributed by atoms with van der Waals surface area (Å²) in [6.45, 7) is 2.61. The van der Waals surface area contributed by atoms with Crippen LogP contribution >= 0.6 is 0 Å². The minimum atomic E-state index is -0.731. The van der Waals surface area contributed by atoms with E-state index in [1.165, 1.54) is 0 Å². The SMILES string of the molecule is CC1(c2cccc(NC(=O)Oc3cnc(O)cn3)c2)COCC(N)=N1. The van der Waals surface area contributed by atoms with Crippen molar-refractivity contribution in [1.29, 1.82) is 0 Å². The molecule has 1 atom stereocenters. The molecule has 0 radical (unpaired) electrons. The second-order valence-electron chi connectivity index (χ2n) is 5.68. The third kappa shape index (κ3) is 4.01. The molecule has 0 saturated carbocycles. The lowest BCUT2D eigenvalue weighted by Crippen LogP contribution is -2.37. The van der Waals surface area contributed by atoms with E-state index in [1.807, 2.05) is 13.0 Å². The van der Waals surface area contributed by atoms with Gasteiger partial charge in [-0.3, -0.25) is 10.3 Å². The highest BCUT2D eigenvalue weighted by molar-refractivity contribution is 5.86. The molecule has 1 aliphatic rings. The summed E-state index contributed by atoms with van der Waals surface area (Å²) in [4.78, 5) is 23.7. The minimum absolute atomic E-state index is 0.0310. The van der Waals surface area contributed by atoms with E-state index < -0.39 is 11.6 Å². The quantitative estimate of drug-likeness (QED) is 0.767. The van der Waals surface area contributed by atoms with Crippen LogP contribution in [-0.4, -0.2) is 40.2 Å². The number of anilines is 1. The van der Waals surface area contributed by atoms with E-state index in [-0.39, 0.29) is 11.8 Å². The summed E-state index contributed by atoms with van der Waals surface area (Å²) in [7, 11) is 0. The molecule has 1 amide bonds. The van der Waals surface area contributed by atoms with Gasteiger partial charge in [0.15, 0.2) is 0 Å². The van der Waals surface area contributed by atoms with Crippen molar-refractivity contribution in [1.82, 2.24) is 9.97 Å². The van der Waals surface area contributed by atoms with Crippen LogP contribution in [0.15, 0.2) is 41.7 Å². The normalized spacial score (nSPS) is 19.8. The van der Waals surface area contributed by atoms with Crippen LogP contribution in [0.2, 0.25) is 0 Å². The molecule has 4 N–H and O–H groups in total. The smallest absolute Gasteiger partial charge is 0.418 e. The van der Waals surface area contributed by atoms with Crippen molar-refractivity contribution in [2.75, 3.05) is 18.5 Å². The highest BCUT2D eigenvalue weighted by Gasteiger charge is 2.30. The number of aliphatic imine (C=N–C) groups is 1. The Balaban J connectivity index is 1.72. The topological polar surface area (TPSA) is 132 Å². The average molecular weight is 343 g/mol. The third-order valence-corrected chi connectivity index (χ3v) is 3.57. The number of aromatic nitrogens is 2. The van der Waals surface area contributed by atoms with Crippen LogP contribution < -0.4 is 15.8 Å². The van der Waals surface area contributed by atoms with Gasteiger partial charge in [-0.25, -0.2) is 14.8 Å². The molecule has 130 valence electrons. The molecular formula is C16H17N5O4. The molecule has 0 spiro atoms. The number of aromatic hydroxyl groups is 1. The first kappa shape index (κ1) is 16.7. The second-order valence-corrected chi connectivity index (χ2v) is 5.68. The summed E-state index contributed by atoms with van der Waals surface area (Å²) in [6, 6.07) is 7.16. The Kier molecular flexibility index (Phi) is 4.48. The number of benzene rings is 1. The van der Waals surface area contributed by atoms with Crippen LogP contribution in [-0.2, 0) is 10.3 Å².